The molecule has 0 N–H and O–H groups in total. The lowest BCUT2D eigenvalue weighted by Crippen LogP contribution is -2.09. The number of ether oxygens (including phenoxy) is 1. The van der Waals surface area contributed by atoms with Crippen molar-refractivity contribution < 1.29 is 13.2 Å². The normalized spacial score (nSPS) is 22.9. The molecule has 0 saturated carbocycles. The lowest BCUT2D eigenvalue weighted by Gasteiger charge is -2.08. The summed E-state index contributed by atoms with van der Waals surface area (Å²) in [5, 5.41) is 0. The van der Waals surface area contributed by atoms with Gasteiger partial charge in [0.05, 0.1) is 24.4 Å². The SMILES string of the molecule is C/C(=C/OCC1CCS(=O)(=O)C1)c1ccccc1. The van der Waals surface area contributed by atoms with Crippen LogP contribution >= 0.6 is 0 Å². The van der Waals surface area contributed by atoms with Crippen LogP contribution in [-0.4, -0.2) is 26.5 Å². The average molecular weight is 266 g/mol. The zero-order valence-corrected chi connectivity index (χ0v) is 11.3. The molecule has 1 aliphatic rings. The van der Waals surface area contributed by atoms with Crippen molar-refractivity contribution in [3.63, 3.8) is 0 Å². The van der Waals surface area contributed by atoms with Gasteiger partial charge in [-0.25, -0.2) is 8.42 Å². The summed E-state index contributed by atoms with van der Waals surface area (Å²) in [6.45, 7) is 2.48. The van der Waals surface area contributed by atoms with Gasteiger partial charge >= 0.3 is 0 Å². The average Bonchev–Trinajstić information content (AvgIpc) is 2.70. The molecule has 2 rings (SSSR count). The van der Waals surface area contributed by atoms with Crippen molar-refractivity contribution in [3.8, 4) is 0 Å². The van der Waals surface area contributed by atoms with Crippen molar-refractivity contribution in [2.75, 3.05) is 18.1 Å². The third-order valence-corrected chi connectivity index (χ3v) is 4.98. The van der Waals surface area contributed by atoms with Gasteiger partial charge in [-0.1, -0.05) is 30.3 Å². The van der Waals surface area contributed by atoms with Crippen LogP contribution in [0.1, 0.15) is 18.9 Å². The van der Waals surface area contributed by atoms with E-state index < -0.39 is 9.84 Å². The first-order valence-corrected chi connectivity index (χ1v) is 7.93. The Morgan fingerprint density at radius 3 is 2.72 bits per heavy atom. The smallest absolute Gasteiger partial charge is 0.150 e. The molecule has 4 heteroatoms. The molecule has 1 aliphatic heterocycles. The van der Waals surface area contributed by atoms with Gasteiger partial charge in [0, 0.05) is 5.92 Å². The highest BCUT2D eigenvalue weighted by molar-refractivity contribution is 7.91. The van der Waals surface area contributed by atoms with Gasteiger partial charge in [-0.2, -0.15) is 0 Å². The second kappa shape index (κ2) is 5.57. The van der Waals surface area contributed by atoms with E-state index in [1.54, 1.807) is 6.26 Å². The third-order valence-electron chi connectivity index (χ3n) is 3.15. The van der Waals surface area contributed by atoms with Crippen LogP contribution in [0.5, 0.6) is 0 Å². The van der Waals surface area contributed by atoms with Gasteiger partial charge in [0.25, 0.3) is 0 Å². The molecule has 0 bridgehead atoms. The molecule has 0 amide bonds. The molecular weight excluding hydrogens is 248 g/mol. The van der Waals surface area contributed by atoms with E-state index in [1.807, 2.05) is 37.3 Å². The molecule has 1 heterocycles. The topological polar surface area (TPSA) is 43.4 Å². The molecule has 1 unspecified atom stereocenters. The van der Waals surface area contributed by atoms with Crippen LogP contribution in [0.3, 0.4) is 0 Å². The second-order valence-corrected chi connectivity index (χ2v) is 7.00. The Balaban J connectivity index is 1.85. The fraction of sp³-hybridized carbons (Fsp3) is 0.429. The minimum atomic E-state index is -2.80. The van der Waals surface area contributed by atoms with E-state index in [0.29, 0.717) is 12.4 Å². The zero-order valence-electron chi connectivity index (χ0n) is 10.5. The molecule has 0 radical (unpaired) electrons. The third kappa shape index (κ3) is 3.60. The van der Waals surface area contributed by atoms with Gasteiger partial charge < -0.3 is 4.74 Å². The van der Waals surface area contributed by atoms with Gasteiger partial charge in [0.1, 0.15) is 0 Å². The summed E-state index contributed by atoms with van der Waals surface area (Å²) in [7, 11) is -2.80. The van der Waals surface area contributed by atoms with Gasteiger partial charge in [-0.05, 0) is 24.5 Å². The van der Waals surface area contributed by atoms with E-state index in [4.69, 9.17) is 4.74 Å². The van der Waals surface area contributed by atoms with E-state index in [0.717, 1.165) is 17.6 Å². The second-order valence-electron chi connectivity index (χ2n) is 4.77. The summed E-state index contributed by atoms with van der Waals surface area (Å²) in [4.78, 5) is 0. The lowest BCUT2D eigenvalue weighted by molar-refractivity contribution is 0.207. The van der Waals surface area contributed by atoms with E-state index in [9.17, 15) is 8.42 Å². The van der Waals surface area contributed by atoms with Crippen LogP contribution in [-0.2, 0) is 14.6 Å². The molecule has 1 aromatic rings. The fourth-order valence-corrected chi connectivity index (χ4v) is 3.92. The summed E-state index contributed by atoms with van der Waals surface area (Å²) in [5.41, 5.74) is 2.17. The number of hydrogen-bond donors (Lipinski definition) is 0. The van der Waals surface area contributed by atoms with Crippen molar-refractivity contribution >= 4 is 15.4 Å². The van der Waals surface area contributed by atoms with E-state index in [2.05, 4.69) is 0 Å². The maximum atomic E-state index is 11.3. The molecule has 3 nitrogen and oxygen atoms in total. The number of hydrogen-bond acceptors (Lipinski definition) is 3. The maximum absolute atomic E-state index is 11.3. The lowest BCUT2D eigenvalue weighted by atomic mass is 10.1. The number of rotatable bonds is 4. The number of sulfone groups is 1. The highest BCUT2D eigenvalue weighted by atomic mass is 32.2. The van der Waals surface area contributed by atoms with E-state index >= 15 is 0 Å². The Hall–Kier alpha value is -1.29. The zero-order chi connectivity index (χ0) is 13.0. The van der Waals surface area contributed by atoms with E-state index in [-0.39, 0.29) is 11.7 Å². The standard InChI is InChI=1S/C14H18O3S/c1-12(14-5-3-2-4-6-14)9-17-10-13-7-8-18(15,16)11-13/h2-6,9,13H,7-8,10-11H2,1H3/b12-9-. The van der Waals surface area contributed by atoms with Crippen LogP contribution < -0.4 is 0 Å². The summed E-state index contributed by atoms with van der Waals surface area (Å²) in [6, 6.07) is 9.98. The summed E-state index contributed by atoms with van der Waals surface area (Å²) in [5.74, 6) is 0.725. The highest BCUT2D eigenvalue weighted by Crippen LogP contribution is 2.19. The number of allylic oxidation sites excluding steroid dienone is 1. The van der Waals surface area contributed by atoms with Crippen molar-refractivity contribution in [1.82, 2.24) is 0 Å². The molecule has 1 atom stereocenters. The minimum Gasteiger partial charge on any atom is -0.501 e. The predicted octanol–water partition coefficient (Wildman–Crippen LogP) is 2.50. The first-order valence-electron chi connectivity index (χ1n) is 6.11. The Morgan fingerprint density at radius 1 is 1.39 bits per heavy atom. The van der Waals surface area contributed by atoms with Crippen molar-refractivity contribution in [1.29, 1.82) is 0 Å². The van der Waals surface area contributed by atoms with Crippen molar-refractivity contribution in [3.05, 3.63) is 42.2 Å². The van der Waals surface area contributed by atoms with Crippen LogP contribution in [0.25, 0.3) is 5.57 Å². The van der Waals surface area contributed by atoms with Gasteiger partial charge in [-0.3, -0.25) is 0 Å². The molecule has 18 heavy (non-hydrogen) atoms. The molecule has 98 valence electrons. The molecule has 1 saturated heterocycles. The van der Waals surface area contributed by atoms with Gasteiger partial charge in [0.2, 0.25) is 0 Å². The monoisotopic (exact) mass is 266 g/mol. The molecular formula is C14H18O3S. The van der Waals surface area contributed by atoms with Crippen LogP contribution in [0.15, 0.2) is 36.6 Å². The van der Waals surface area contributed by atoms with Gasteiger partial charge in [-0.15, -0.1) is 0 Å². The highest BCUT2D eigenvalue weighted by Gasteiger charge is 2.27. The van der Waals surface area contributed by atoms with Crippen molar-refractivity contribution in [2.24, 2.45) is 5.92 Å². The Morgan fingerprint density at radius 2 is 2.11 bits per heavy atom. The Labute approximate surface area is 108 Å². The van der Waals surface area contributed by atoms with E-state index in [1.165, 1.54) is 0 Å². The Bertz CT molecular complexity index is 517. The summed E-state index contributed by atoms with van der Waals surface area (Å²) >= 11 is 0. The molecule has 0 aromatic heterocycles. The van der Waals surface area contributed by atoms with Crippen LogP contribution in [0.4, 0.5) is 0 Å². The first kappa shape index (κ1) is 13.1. The first-order chi connectivity index (χ1) is 8.57. The van der Waals surface area contributed by atoms with Crippen LogP contribution in [0, 0.1) is 5.92 Å². The molecule has 1 fully saturated rings. The molecule has 0 aliphatic carbocycles. The molecule has 1 aromatic carbocycles. The summed E-state index contributed by atoms with van der Waals surface area (Å²) in [6.07, 6.45) is 2.45. The maximum Gasteiger partial charge on any atom is 0.150 e. The summed E-state index contributed by atoms with van der Waals surface area (Å²) < 4.78 is 28.1. The van der Waals surface area contributed by atoms with Gasteiger partial charge in [0.15, 0.2) is 9.84 Å². The van der Waals surface area contributed by atoms with Crippen LogP contribution in [0.2, 0.25) is 0 Å². The molecule has 0 spiro atoms. The quantitative estimate of drug-likeness (QED) is 0.786. The number of benzene rings is 1. The Kier molecular flexibility index (Phi) is 4.07. The fourth-order valence-electron chi connectivity index (χ4n) is 2.08. The minimum absolute atomic E-state index is 0.148. The predicted molar refractivity (Wildman–Crippen MR) is 72.8 cm³/mol. The largest absolute Gasteiger partial charge is 0.501 e. The van der Waals surface area contributed by atoms with Crippen molar-refractivity contribution in [2.45, 2.75) is 13.3 Å².